The summed E-state index contributed by atoms with van der Waals surface area (Å²) in [7, 11) is 1.71. The number of alkyl halides is 3. The maximum Gasteiger partial charge on any atom is 0.416 e. The van der Waals surface area contributed by atoms with Gasteiger partial charge in [-0.15, -0.1) is 11.3 Å². The van der Waals surface area contributed by atoms with Gasteiger partial charge in [0.25, 0.3) is 0 Å². The normalized spacial score (nSPS) is 17.1. The van der Waals surface area contributed by atoms with Crippen molar-refractivity contribution in [3.63, 3.8) is 0 Å². The molecule has 1 aromatic carbocycles. The van der Waals surface area contributed by atoms with Crippen LogP contribution in [0.1, 0.15) is 21.8 Å². The number of nitrogens with zero attached hydrogens (tertiary/aromatic N) is 2. The van der Waals surface area contributed by atoms with Crippen molar-refractivity contribution in [3.05, 3.63) is 58.4 Å². The van der Waals surface area contributed by atoms with Crippen LogP contribution in [0.5, 0.6) is 0 Å². The molecule has 0 saturated carbocycles. The molecule has 0 saturated heterocycles. The first kappa shape index (κ1) is 19.3. The van der Waals surface area contributed by atoms with Crippen LogP contribution < -0.4 is 10.7 Å². The van der Waals surface area contributed by atoms with Crippen molar-refractivity contribution < 1.29 is 23.1 Å². The summed E-state index contributed by atoms with van der Waals surface area (Å²) in [4.78, 5) is 16.6. The van der Waals surface area contributed by atoms with E-state index in [4.69, 9.17) is 0 Å². The highest BCUT2D eigenvalue weighted by atomic mass is 32.1. The van der Waals surface area contributed by atoms with Crippen molar-refractivity contribution in [1.82, 2.24) is 15.4 Å². The van der Waals surface area contributed by atoms with Gasteiger partial charge in [0.15, 0.2) is 0 Å². The fraction of sp³-hybridized carbons (Fsp3) is 0.294. The maximum absolute atomic E-state index is 12.8. The summed E-state index contributed by atoms with van der Waals surface area (Å²) in [5.41, 5.74) is 2.87. The molecule has 1 aromatic heterocycles. The standard InChI is InChI=1S/C17H17F3N4O2S/c1-24-13(5-6-21-24)15(26)23-16-12(9-25)22-14(27-16)8-10-3-2-4-11(7-10)17(18,19)20/h2-7,13,21,25H,8-9H2,1H3,(H,23,26). The molecule has 1 unspecified atom stereocenters. The largest absolute Gasteiger partial charge is 0.416 e. The zero-order valence-corrected chi connectivity index (χ0v) is 15.1. The Hall–Kier alpha value is -2.43. The van der Waals surface area contributed by atoms with Crippen LogP contribution in [0.3, 0.4) is 0 Å². The number of likely N-dealkylation sites (N-methyl/N-ethyl adjacent to an activating group) is 1. The van der Waals surface area contributed by atoms with Gasteiger partial charge in [0.2, 0.25) is 5.91 Å². The van der Waals surface area contributed by atoms with Gasteiger partial charge in [0.1, 0.15) is 16.7 Å². The summed E-state index contributed by atoms with van der Waals surface area (Å²) in [5.74, 6) is -0.303. The second-order valence-corrected chi connectivity index (χ2v) is 7.03. The number of hydrogen-bond acceptors (Lipinski definition) is 6. The molecule has 2 heterocycles. The van der Waals surface area contributed by atoms with Crippen molar-refractivity contribution >= 4 is 22.2 Å². The smallest absolute Gasteiger partial charge is 0.390 e. The average Bonchev–Trinajstić information content (AvgIpc) is 3.20. The third-order valence-corrected chi connectivity index (χ3v) is 4.99. The van der Waals surface area contributed by atoms with E-state index < -0.39 is 17.8 Å². The quantitative estimate of drug-likeness (QED) is 0.722. The molecule has 10 heteroatoms. The minimum Gasteiger partial charge on any atom is -0.390 e. The van der Waals surface area contributed by atoms with Crippen molar-refractivity contribution in [1.29, 1.82) is 0 Å². The van der Waals surface area contributed by atoms with Crippen LogP contribution in [0.2, 0.25) is 0 Å². The molecular weight excluding hydrogens is 381 g/mol. The van der Waals surface area contributed by atoms with Gasteiger partial charge in [-0.3, -0.25) is 4.79 Å². The first-order valence-corrected chi connectivity index (χ1v) is 8.81. The summed E-state index contributed by atoms with van der Waals surface area (Å²) in [6.45, 7) is -0.386. The number of carbonyl (C=O) groups excluding carboxylic acids is 1. The third kappa shape index (κ3) is 4.46. The average molecular weight is 398 g/mol. The Labute approximate surface area is 157 Å². The number of aromatic nitrogens is 1. The van der Waals surface area contributed by atoms with Gasteiger partial charge in [0, 0.05) is 19.7 Å². The van der Waals surface area contributed by atoms with Crippen molar-refractivity contribution in [2.75, 3.05) is 12.4 Å². The fourth-order valence-electron chi connectivity index (χ4n) is 2.62. The number of thiazole rings is 1. The number of aliphatic hydroxyl groups excluding tert-OH is 1. The van der Waals surface area contributed by atoms with Gasteiger partial charge < -0.3 is 15.8 Å². The van der Waals surface area contributed by atoms with E-state index in [2.05, 4.69) is 15.7 Å². The highest BCUT2D eigenvalue weighted by Crippen LogP contribution is 2.31. The van der Waals surface area contributed by atoms with Gasteiger partial charge in [0.05, 0.1) is 17.2 Å². The van der Waals surface area contributed by atoms with Crippen LogP contribution in [0, 0.1) is 0 Å². The molecule has 0 fully saturated rings. The van der Waals surface area contributed by atoms with Crippen molar-refractivity contribution in [3.8, 4) is 0 Å². The zero-order valence-electron chi connectivity index (χ0n) is 14.2. The van der Waals surface area contributed by atoms with Crippen molar-refractivity contribution in [2.24, 2.45) is 0 Å². The van der Waals surface area contributed by atoms with Gasteiger partial charge in [-0.25, -0.2) is 9.99 Å². The highest BCUT2D eigenvalue weighted by Gasteiger charge is 2.30. The number of amides is 1. The molecule has 1 aliphatic heterocycles. The SMILES string of the molecule is CN1NC=CC1C(=O)Nc1sc(Cc2cccc(C(F)(F)F)c2)nc1CO. The molecule has 0 spiro atoms. The van der Waals surface area contributed by atoms with Crippen LogP contribution in [0.25, 0.3) is 0 Å². The van der Waals surface area contributed by atoms with E-state index in [1.807, 2.05) is 0 Å². The van der Waals surface area contributed by atoms with E-state index in [1.165, 1.54) is 6.07 Å². The summed E-state index contributed by atoms with van der Waals surface area (Å²) in [5, 5.41) is 14.7. The number of aliphatic hydroxyl groups is 1. The van der Waals surface area contributed by atoms with Crippen molar-refractivity contribution in [2.45, 2.75) is 25.2 Å². The lowest BCUT2D eigenvalue weighted by Crippen LogP contribution is -2.41. The maximum atomic E-state index is 12.8. The van der Waals surface area contributed by atoms with E-state index in [0.717, 1.165) is 23.5 Å². The fourth-order valence-corrected chi connectivity index (χ4v) is 3.63. The second kappa shape index (κ2) is 7.67. The molecule has 0 radical (unpaired) electrons. The molecule has 27 heavy (non-hydrogen) atoms. The van der Waals surface area contributed by atoms with Gasteiger partial charge in [-0.1, -0.05) is 18.2 Å². The Bertz CT molecular complexity index is 866. The van der Waals surface area contributed by atoms with E-state index >= 15 is 0 Å². The van der Waals surface area contributed by atoms with Gasteiger partial charge >= 0.3 is 6.18 Å². The number of carbonyl (C=O) groups is 1. The lowest BCUT2D eigenvalue weighted by molar-refractivity contribution is -0.137. The Kier molecular flexibility index (Phi) is 5.49. The molecule has 6 nitrogen and oxygen atoms in total. The summed E-state index contributed by atoms with van der Waals surface area (Å²) >= 11 is 1.13. The number of hydrazine groups is 1. The summed E-state index contributed by atoms with van der Waals surface area (Å²) in [6, 6.07) is 4.50. The van der Waals surface area contributed by atoms with Gasteiger partial charge in [-0.05, 0) is 17.7 Å². The lowest BCUT2D eigenvalue weighted by Gasteiger charge is -2.18. The Morgan fingerprint density at radius 2 is 2.22 bits per heavy atom. The summed E-state index contributed by atoms with van der Waals surface area (Å²) in [6.07, 6.45) is -0.924. The molecule has 2 aromatic rings. The lowest BCUT2D eigenvalue weighted by atomic mass is 10.1. The Morgan fingerprint density at radius 3 is 2.85 bits per heavy atom. The summed E-state index contributed by atoms with van der Waals surface area (Å²) < 4.78 is 38.5. The monoisotopic (exact) mass is 398 g/mol. The second-order valence-electron chi connectivity index (χ2n) is 5.95. The molecule has 3 N–H and O–H groups in total. The molecule has 1 amide bonds. The zero-order chi connectivity index (χ0) is 19.6. The molecule has 0 aliphatic carbocycles. The van der Waals surface area contributed by atoms with Crippen LogP contribution >= 0.6 is 11.3 Å². The molecule has 0 bridgehead atoms. The topological polar surface area (TPSA) is 77.5 Å². The minimum absolute atomic E-state index is 0.169. The molecule has 1 aliphatic rings. The molecule has 3 rings (SSSR count). The third-order valence-electron chi connectivity index (χ3n) is 3.98. The van der Waals surface area contributed by atoms with E-state index in [1.54, 1.807) is 30.4 Å². The predicted octanol–water partition coefficient (Wildman–Crippen LogP) is 2.52. The first-order valence-electron chi connectivity index (χ1n) is 8.00. The molecular formula is C17H17F3N4O2S. The van der Waals surface area contributed by atoms with E-state index in [-0.39, 0.29) is 24.6 Å². The predicted molar refractivity (Wildman–Crippen MR) is 94.7 cm³/mol. The number of benzene rings is 1. The van der Waals surface area contributed by atoms with E-state index in [0.29, 0.717) is 15.6 Å². The van der Waals surface area contributed by atoms with Crippen LogP contribution in [0.4, 0.5) is 18.2 Å². The minimum atomic E-state index is -4.41. The Morgan fingerprint density at radius 1 is 1.44 bits per heavy atom. The number of anilines is 1. The number of nitrogens with one attached hydrogen (secondary N) is 2. The highest BCUT2D eigenvalue weighted by molar-refractivity contribution is 7.16. The Balaban J connectivity index is 1.76. The number of rotatable bonds is 5. The van der Waals surface area contributed by atoms with Crippen LogP contribution in [-0.4, -0.2) is 34.1 Å². The molecule has 1 atom stereocenters. The van der Waals surface area contributed by atoms with Crippen LogP contribution in [0.15, 0.2) is 36.5 Å². The van der Waals surface area contributed by atoms with E-state index in [9.17, 15) is 23.1 Å². The number of halogens is 3. The first-order chi connectivity index (χ1) is 12.8. The number of hydrogen-bond donors (Lipinski definition) is 3. The van der Waals surface area contributed by atoms with Crippen LogP contribution in [-0.2, 0) is 24.0 Å². The van der Waals surface area contributed by atoms with Gasteiger partial charge in [-0.2, -0.15) is 13.2 Å². The molecule has 144 valence electrons.